The van der Waals surface area contributed by atoms with E-state index >= 15 is 0 Å². The number of carboxylic acids is 1. The molecule has 1 aromatic rings. The second kappa shape index (κ2) is 6.13. The smallest absolute Gasteiger partial charge is 0.335 e. The van der Waals surface area contributed by atoms with Crippen LogP contribution in [-0.4, -0.2) is 55.4 Å². The zero-order chi connectivity index (χ0) is 15.6. The van der Waals surface area contributed by atoms with Crippen molar-refractivity contribution in [1.29, 1.82) is 0 Å². The van der Waals surface area contributed by atoms with Crippen LogP contribution in [0.15, 0.2) is 18.2 Å². The van der Waals surface area contributed by atoms with Crippen molar-refractivity contribution in [2.75, 3.05) is 32.2 Å². The molecule has 0 aromatic heterocycles. The highest BCUT2D eigenvalue weighted by atomic mass is 16.5. The molecule has 6 nitrogen and oxygen atoms in total. The molecule has 0 radical (unpaired) electrons. The number of hydrogen-bond acceptors (Lipinski definition) is 3. The molecular formula is C15H20N2O4. The maximum absolute atomic E-state index is 12.6. The molecule has 1 unspecified atom stereocenters. The Kier molecular flexibility index (Phi) is 4.47. The van der Waals surface area contributed by atoms with Crippen LogP contribution in [-0.2, 0) is 11.2 Å². The minimum atomic E-state index is -0.988. The third-order valence-electron chi connectivity index (χ3n) is 3.83. The monoisotopic (exact) mass is 292 g/mol. The normalized spacial score (nSPS) is 14.7. The lowest BCUT2D eigenvalue weighted by molar-refractivity contribution is 0.0697. The summed E-state index contributed by atoms with van der Waals surface area (Å²) in [5.41, 5.74) is 1.89. The van der Waals surface area contributed by atoms with Crippen LogP contribution in [0.3, 0.4) is 0 Å². The van der Waals surface area contributed by atoms with Gasteiger partial charge in [-0.1, -0.05) is 6.07 Å². The molecule has 0 saturated heterocycles. The molecule has 1 atom stereocenters. The number of fused-ring (bicyclic) bond motifs is 1. The van der Waals surface area contributed by atoms with Crippen LogP contribution in [0.1, 0.15) is 22.8 Å². The highest BCUT2D eigenvalue weighted by Gasteiger charge is 2.29. The Morgan fingerprint density at radius 1 is 1.48 bits per heavy atom. The van der Waals surface area contributed by atoms with E-state index in [1.54, 1.807) is 42.2 Å². The highest BCUT2D eigenvalue weighted by molar-refractivity contribution is 5.97. The van der Waals surface area contributed by atoms with Crippen LogP contribution in [0.5, 0.6) is 0 Å². The molecule has 1 N–H and O–H groups in total. The molecule has 0 saturated carbocycles. The molecule has 2 amide bonds. The van der Waals surface area contributed by atoms with Gasteiger partial charge in [-0.25, -0.2) is 9.59 Å². The number of hydrogen-bond donors (Lipinski definition) is 1. The van der Waals surface area contributed by atoms with Crippen LogP contribution in [0.4, 0.5) is 10.5 Å². The number of aromatic carboxylic acids is 1. The van der Waals surface area contributed by atoms with E-state index in [0.29, 0.717) is 18.8 Å². The largest absolute Gasteiger partial charge is 0.478 e. The minimum absolute atomic E-state index is 0.0470. The Labute approximate surface area is 123 Å². The van der Waals surface area contributed by atoms with Crippen LogP contribution in [0, 0.1) is 0 Å². The van der Waals surface area contributed by atoms with Crippen molar-refractivity contribution in [3.05, 3.63) is 29.3 Å². The van der Waals surface area contributed by atoms with Gasteiger partial charge in [0.15, 0.2) is 0 Å². The first-order chi connectivity index (χ1) is 9.95. The van der Waals surface area contributed by atoms with Crippen LogP contribution >= 0.6 is 0 Å². The summed E-state index contributed by atoms with van der Waals surface area (Å²) in [6.07, 6.45) is 0.744. The van der Waals surface area contributed by atoms with Crippen molar-refractivity contribution in [3.8, 4) is 0 Å². The number of carboxylic acid groups (broad SMARTS) is 1. The fraction of sp³-hybridized carbons (Fsp3) is 0.467. The molecule has 0 fully saturated rings. The van der Waals surface area contributed by atoms with Crippen LogP contribution in [0.2, 0.25) is 0 Å². The lowest BCUT2D eigenvalue weighted by Crippen LogP contribution is -2.46. The summed E-state index contributed by atoms with van der Waals surface area (Å²) in [5, 5.41) is 9.08. The van der Waals surface area contributed by atoms with Crippen molar-refractivity contribution >= 4 is 17.7 Å². The zero-order valence-electron chi connectivity index (χ0n) is 12.5. The number of methoxy groups -OCH3 is 1. The van der Waals surface area contributed by atoms with Crippen molar-refractivity contribution in [2.24, 2.45) is 0 Å². The maximum Gasteiger partial charge on any atom is 0.335 e. The van der Waals surface area contributed by atoms with Crippen molar-refractivity contribution in [2.45, 2.75) is 19.4 Å². The second-order valence-corrected chi connectivity index (χ2v) is 5.25. The molecule has 0 spiro atoms. The Balaban J connectivity index is 2.23. The summed E-state index contributed by atoms with van der Waals surface area (Å²) < 4.78 is 5.07. The van der Waals surface area contributed by atoms with Crippen molar-refractivity contribution in [1.82, 2.24) is 4.90 Å². The summed E-state index contributed by atoms with van der Waals surface area (Å²) in [6.45, 7) is 2.94. The predicted octanol–water partition coefficient (Wildman–Crippen LogP) is 1.83. The van der Waals surface area contributed by atoms with Gasteiger partial charge in [0.25, 0.3) is 0 Å². The SMILES string of the molecule is COCC(C)N(C)C(=O)N1CCc2ccc(C(=O)O)cc21. The number of carbonyl (C=O) groups is 2. The van der Waals surface area contributed by atoms with Gasteiger partial charge in [0.05, 0.1) is 18.2 Å². The average Bonchev–Trinajstić information content (AvgIpc) is 2.88. The van der Waals surface area contributed by atoms with Gasteiger partial charge in [-0.3, -0.25) is 4.90 Å². The van der Waals surface area contributed by atoms with Crippen LogP contribution < -0.4 is 4.90 Å². The molecular weight excluding hydrogens is 272 g/mol. The van der Waals surface area contributed by atoms with Crippen molar-refractivity contribution in [3.63, 3.8) is 0 Å². The molecule has 1 aliphatic rings. The Bertz CT molecular complexity index is 559. The number of likely N-dealkylation sites (N-methyl/N-ethyl adjacent to an activating group) is 1. The van der Waals surface area contributed by atoms with Gasteiger partial charge in [0.2, 0.25) is 0 Å². The summed E-state index contributed by atoms with van der Waals surface area (Å²) in [6, 6.07) is 4.74. The minimum Gasteiger partial charge on any atom is -0.478 e. The van der Waals surface area contributed by atoms with Gasteiger partial charge in [0, 0.05) is 26.4 Å². The zero-order valence-corrected chi connectivity index (χ0v) is 12.5. The number of ether oxygens (including phenoxy) is 1. The van der Waals surface area contributed by atoms with E-state index in [0.717, 1.165) is 12.0 Å². The van der Waals surface area contributed by atoms with E-state index in [1.165, 1.54) is 0 Å². The third kappa shape index (κ3) is 3.00. The molecule has 0 aliphatic carbocycles. The quantitative estimate of drug-likeness (QED) is 0.919. The molecule has 6 heteroatoms. The van der Waals surface area contributed by atoms with E-state index in [2.05, 4.69) is 0 Å². The fourth-order valence-corrected chi connectivity index (χ4v) is 2.44. The Morgan fingerprint density at radius 2 is 2.19 bits per heavy atom. The molecule has 114 valence electrons. The number of urea groups is 1. The van der Waals surface area contributed by atoms with E-state index in [1.807, 2.05) is 6.92 Å². The first-order valence-corrected chi connectivity index (χ1v) is 6.85. The van der Waals surface area contributed by atoms with Gasteiger partial charge in [-0.2, -0.15) is 0 Å². The standard InChI is InChI=1S/C15H20N2O4/c1-10(9-21-3)16(2)15(20)17-7-6-11-4-5-12(14(18)19)8-13(11)17/h4-5,8,10H,6-7,9H2,1-3H3,(H,18,19). The molecule has 1 aromatic carbocycles. The first kappa shape index (κ1) is 15.3. The van der Waals surface area contributed by atoms with E-state index in [4.69, 9.17) is 9.84 Å². The average molecular weight is 292 g/mol. The summed E-state index contributed by atoms with van der Waals surface area (Å²) in [4.78, 5) is 26.9. The fourth-order valence-electron chi connectivity index (χ4n) is 2.44. The summed E-state index contributed by atoms with van der Waals surface area (Å²) in [5.74, 6) is -0.988. The maximum atomic E-state index is 12.6. The molecule has 2 rings (SSSR count). The van der Waals surface area contributed by atoms with E-state index in [-0.39, 0.29) is 17.6 Å². The number of rotatable bonds is 4. The predicted molar refractivity (Wildman–Crippen MR) is 78.9 cm³/mol. The number of benzene rings is 1. The summed E-state index contributed by atoms with van der Waals surface area (Å²) >= 11 is 0. The first-order valence-electron chi connectivity index (χ1n) is 6.85. The number of anilines is 1. The summed E-state index contributed by atoms with van der Waals surface area (Å²) in [7, 11) is 3.32. The lowest BCUT2D eigenvalue weighted by atomic mass is 10.1. The second-order valence-electron chi connectivity index (χ2n) is 5.25. The Morgan fingerprint density at radius 3 is 2.81 bits per heavy atom. The number of carbonyl (C=O) groups excluding carboxylic acids is 1. The lowest BCUT2D eigenvalue weighted by Gasteiger charge is -2.29. The van der Waals surface area contributed by atoms with Gasteiger partial charge in [-0.15, -0.1) is 0 Å². The van der Waals surface area contributed by atoms with Gasteiger partial charge in [-0.05, 0) is 31.0 Å². The number of nitrogens with zero attached hydrogens (tertiary/aromatic N) is 2. The van der Waals surface area contributed by atoms with Crippen molar-refractivity contribution < 1.29 is 19.4 Å². The Hall–Kier alpha value is -2.08. The van der Waals surface area contributed by atoms with Gasteiger partial charge in [0.1, 0.15) is 0 Å². The topological polar surface area (TPSA) is 70.1 Å². The van der Waals surface area contributed by atoms with Crippen LogP contribution in [0.25, 0.3) is 0 Å². The molecule has 1 heterocycles. The van der Waals surface area contributed by atoms with Gasteiger partial charge < -0.3 is 14.7 Å². The van der Waals surface area contributed by atoms with E-state index < -0.39 is 5.97 Å². The molecule has 1 aliphatic heterocycles. The number of amides is 2. The third-order valence-corrected chi connectivity index (χ3v) is 3.83. The highest BCUT2D eigenvalue weighted by Crippen LogP contribution is 2.30. The molecule has 21 heavy (non-hydrogen) atoms. The molecule has 0 bridgehead atoms. The van der Waals surface area contributed by atoms with E-state index in [9.17, 15) is 9.59 Å². The van der Waals surface area contributed by atoms with Gasteiger partial charge >= 0.3 is 12.0 Å².